The Kier molecular flexibility index (Phi) is 3.46. The van der Waals surface area contributed by atoms with Gasteiger partial charge in [-0.25, -0.2) is 4.98 Å². The summed E-state index contributed by atoms with van der Waals surface area (Å²) in [5.41, 5.74) is 0.825. The van der Waals surface area contributed by atoms with Crippen LogP contribution in [0, 0.1) is 0 Å². The Morgan fingerprint density at radius 3 is 2.86 bits per heavy atom. The lowest BCUT2D eigenvalue weighted by Gasteiger charge is -2.23. The summed E-state index contributed by atoms with van der Waals surface area (Å²) < 4.78 is 12.2. The number of hydrogen-bond donors (Lipinski definition) is 1. The minimum atomic E-state index is -0.651. The van der Waals surface area contributed by atoms with Crippen molar-refractivity contribution >= 4 is 10.8 Å². The predicted octanol–water partition coefficient (Wildman–Crippen LogP) is 1.13. The molecule has 114 valence electrons. The van der Waals surface area contributed by atoms with E-state index in [1.807, 2.05) is 0 Å². The summed E-state index contributed by atoms with van der Waals surface area (Å²) in [6.07, 6.45) is 5.50. The maximum atomic E-state index is 12.2. The van der Waals surface area contributed by atoms with Crippen molar-refractivity contribution in [1.29, 1.82) is 0 Å². The quantitative estimate of drug-likeness (QED) is 0.909. The first-order chi connectivity index (χ1) is 10.2. The highest BCUT2D eigenvalue weighted by atomic mass is 32.2. The number of nitrogens with zero attached hydrogens (tertiary/aromatic N) is 2. The van der Waals surface area contributed by atoms with Gasteiger partial charge in [-0.2, -0.15) is 0 Å². The molecule has 1 aliphatic carbocycles. The SMILES string of the molecule is O=c1cc(CN2CCC3CCC(C2)S3=O)nc(C2CC2)[nH]1. The van der Waals surface area contributed by atoms with Gasteiger partial charge in [0.2, 0.25) is 0 Å². The monoisotopic (exact) mass is 307 g/mol. The van der Waals surface area contributed by atoms with E-state index in [0.29, 0.717) is 23.0 Å². The van der Waals surface area contributed by atoms with Crippen molar-refractivity contribution in [3.05, 3.63) is 27.9 Å². The Labute approximate surface area is 126 Å². The first-order valence-corrected chi connectivity index (χ1v) is 9.18. The molecule has 1 aromatic heterocycles. The van der Waals surface area contributed by atoms with Gasteiger partial charge in [0.05, 0.1) is 5.69 Å². The van der Waals surface area contributed by atoms with Crippen LogP contribution >= 0.6 is 0 Å². The molecule has 2 bridgehead atoms. The van der Waals surface area contributed by atoms with Crippen molar-refractivity contribution in [2.24, 2.45) is 0 Å². The van der Waals surface area contributed by atoms with E-state index in [0.717, 1.165) is 56.7 Å². The van der Waals surface area contributed by atoms with Gasteiger partial charge >= 0.3 is 0 Å². The van der Waals surface area contributed by atoms with Gasteiger partial charge in [0.1, 0.15) is 5.82 Å². The minimum Gasteiger partial charge on any atom is -0.310 e. The summed E-state index contributed by atoms with van der Waals surface area (Å²) in [7, 11) is -0.651. The normalized spacial score (nSPS) is 33.0. The van der Waals surface area contributed by atoms with Gasteiger partial charge in [-0.05, 0) is 38.6 Å². The molecule has 0 radical (unpaired) electrons. The molecule has 3 heterocycles. The molecule has 0 amide bonds. The molecule has 5 nitrogen and oxygen atoms in total. The fourth-order valence-electron chi connectivity index (χ4n) is 3.54. The molecule has 21 heavy (non-hydrogen) atoms. The van der Waals surface area contributed by atoms with E-state index < -0.39 is 10.8 Å². The topological polar surface area (TPSA) is 66.1 Å². The number of aromatic nitrogens is 2. The minimum absolute atomic E-state index is 0.0400. The van der Waals surface area contributed by atoms with Crippen molar-refractivity contribution in [3.63, 3.8) is 0 Å². The molecule has 0 spiro atoms. The number of likely N-dealkylation sites (tertiary alicyclic amines) is 1. The van der Waals surface area contributed by atoms with Gasteiger partial charge < -0.3 is 4.98 Å². The smallest absolute Gasteiger partial charge is 0.251 e. The highest BCUT2D eigenvalue weighted by Crippen LogP contribution is 2.37. The number of nitrogens with one attached hydrogen (secondary N) is 1. The summed E-state index contributed by atoms with van der Waals surface area (Å²) in [5.74, 6) is 1.32. The van der Waals surface area contributed by atoms with Crippen LogP contribution in [-0.4, -0.2) is 42.7 Å². The molecule has 2 saturated heterocycles. The lowest BCUT2D eigenvalue weighted by molar-refractivity contribution is 0.251. The van der Waals surface area contributed by atoms with Crippen molar-refractivity contribution < 1.29 is 4.21 Å². The Morgan fingerprint density at radius 1 is 1.24 bits per heavy atom. The molecule has 3 aliphatic rings. The molecule has 3 atom stereocenters. The molecular formula is C15H21N3O2S. The third kappa shape index (κ3) is 2.83. The second-order valence-corrected chi connectivity index (χ2v) is 8.56. The van der Waals surface area contributed by atoms with E-state index in [4.69, 9.17) is 0 Å². The molecule has 0 aromatic carbocycles. The van der Waals surface area contributed by atoms with Crippen LogP contribution in [0.2, 0.25) is 0 Å². The van der Waals surface area contributed by atoms with Crippen molar-refractivity contribution in [1.82, 2.24) is 14.9 Å². The second-order valence-electron chi connectivity index (χ2n) is 6.57. The van der Waals surface area contributed by atoms with E-state index >= 15 is 0 Å². The molecule has 6 heteroatoms. The maximum Gasteiger partial charge on any atom is 0.251 e. The van der Waals surface area contributed by atoms with Gasteiger partial charge in [-0.1, -0.05) is 0 Å². The molecule has 3 unspecified atom stereocenters. The number of H-pyrrole nitrogens is 1. The highest BCUT2D eigenvalue weighted by Gasteiger charge is 2.36. The maximum absolute atomic E-state index is 12.2. The predicted molar refractivity (Wildman–Crippen MR) is 81.7 cm³/mol. The van der Waals surface area contributed by atoms with Gasteiger partial charge in [-0.15, -0.1) is 0 Å². The first-order valence-electron chi connectivity index (χ1n) is 7.91. The Morgan fingerprint density at radius 2 is 2.05 bits per heavy atom. The summed E-state index contributed by atoms with van der Waals surface area (Å²) in [6.45, 7) is 2.57. The van der Waals surface area contributed by atoms with Crippen LogP contribution in [0.25, 0.3) is 0 Å². The first kappa shape index (κ1) is 13.6. The summed E-state index contributed by atoms with van der Waals surface area (Å²) in [5, 5.41) is 0.719. The fraction of sp³-hybridized carbons (Fsp3) is 0.733. The van der Waals surface area contributed by atoms with Gasteiger partial charge in [-0.3, -0.25) is 13.9 Å². The number of fused-ring (bicyclic) bond motifs is 2. The summed E-state index contributed by atoms with van der Waals surface area (Å²) >= 11 is 0. The summed E-state index contributed by atoms with van der Waals surface area (Å²) in [4.78, 5) is 21.6. The van der Waals surface area contributed by atoms with Crippen LogP contribution in [-0.2, 0) is 17.3 Å². The van der Waals surface area contributed by atoms with Crippen molar-refractivity contribution in [2.75, 3.05) is 13.1 Å². The van der Waals surface area contributed by atoms with E-state index in [-0.39, 0.29) is 5.56 Å². The van der Waals surface area contributed by atoms with Gasteiger partial charge in [0.15, 0.2) is 0 Å². The van der Waals surface area contributed by atoms with Gasteiger partial charge in [0.25, 0.3) is 5.56 Å². The average Bonchev–Trinajstić information content (AvgIpc) is 3.21. The van der Waals surface area contributed by atoms with Crippen molar-refractivity contribution in [2.45, 2.75) is 55.1 Å². The van der Waals surface area contributed by atoms with E-state index in [1.165, 1.54) is 0 Å². The lowest BCUT2D eigenvalue weighted by Crippen LogP contribution is -2.32. The zero-order valence-electron chi connectivity index (χ0n) is 12.1. The van der Waals surface area contributed by atoms with E-state index in [1.54, 1.807) is 6.07 Å². The Balaban J connectivity index is 1.50. The van der Waals surface area contributed by atoms with Crippen LogP contribution in [0.1, 0.15) is 49.5 Å². The van der Waals surface area contributed by atoms with Crippen LogP contribution in [0.3, 0.4) is 0 Å². The van der Waals surface area contributed by atoms with Gasteiger partial charge in [0, 0.05) is 46.4 Å². The molecule has 1 saturated carbocycles. The number of hydrogen-bond acceptors (Lipinski definition) is 4. The summed E-state index contributed by atoms with van der Waals surface area (Å²) in [6, 6.07) is 1.62. The van der Waals surface area contributed by atoms with Crippen molar-refractivity contribution in [3.8, 4) is 0 Å². The van der Waals surface area contributed by atoms with Crippen LogP contribution in [0.15, 0.2) is 10.9 Å². The fourth-order valence-corrected chi connectivity index (χ4v) is 5.52. The second kappa shape index (κ2) is 5.32. The van der Waals surface area contributed by atoms with E-state index in [9.17, 15) is 9.00 Å². The number of rotatable bonds is 3. The van der Waals surface area contributed by atoms with Crippen LogP contribution in [0.5, 0.6) is 0 Å². The third-order valence-corrected chi connectivity index (χ3v) is 7.03. The zero-order valence-corrected chi connectivity index (χ0v) is 12.9. The molecule has 3 fully saturated rings. The highest BCUT2D eigenvalue weighted by molar-refractivity contribution is 7.86. The Hall–Kier alpha value is -1.01. The molecule has 1 N–H and O–H groups in total. The Bertz CT molecular complexity index is 626. The lowest BCUT2D eigenvalue weighted by atomic mass is 10.1. The third-order valence-electron chi connectivity index (χ3n) is 4.86. The molecule has 4 rings (SSSR count). The molecule has 1 aromatic rings. The largest absolute Gasteiger partial charge is 0.310 e. The van der Waals surface area contributed by atoms with Crippen LogP contribution < -0.4 is 5.56 Å². The zero-order chi connectivity index (χ0) is 14.4. The standard InChI is InChI=1S/C15H21N3O2S/c19-14-7-11(16-15(17-14)10-1-2-10)8-18-6-5-12-3-4-13(9-18)21(12)20/h7,10,12-13H,1-6,8-9H2,(H,16,17,19). The number of aromatic amines is 1. The molecular weight excluding hydrogens is 286 g/mol. The van der Waals surface area contributed by atoms with Crippen LogP contribution in [0.4, 0.5) is 0 Å². The molecule has 2 aliphatic heterocycles. The average molecular weight is 307 g/mol. The van der Waals surface area contributed by atoms with E-state index in [2.05, 4.69) is 14.9 Å².